The summed E-state index contributed by atoms with van der Waals surface area (Å²) >= 11 is 0. The molecule has 0 aliphatic rings. The number of hydrogen-bond acceptors (Lipinski definition) is 10. The second-order valence-corrected chi connectivity index (χ2v) is 8.84. The lowest BCUT2D eigenvalue weighted by Crippen LogP contribution is -2.12. The first-order chi connectivity index (χ1) is 17.2. The number of nitrogens with one attached hydrogen (secondary N) is 1. The van der Waals surface area contributed by atoms with Gasteiger partial charge in [0.05, 0.1) is 18.0 Å². The zero-order valence-electron chi connectivity index (χ0n) is 19.7. The Morgan fingerprint density at radius 2 is 1.69 bits per heavy atom. The molecule has 0 aliphatic heterocycles. The molecule has 4 aromatic heterocycles. The van der Waals surface area contributed by atoms with Crippen molar-refractivity contribution in [3.8, 4) is 29.4 Å². The van der Waals surface area contributed by atoms with E-state index in [9.17, 15) is 10.2 Å². The van der Waals surface area contributed by atoms with Crippen LogP contribution in [0, 0.1) is 13.5 Å². The van der Waals surface area contributed by atoms with Gasteiger partial charge in [0, 0.05) is 11.0 Å². The highest BCUT2D eigenvalue weighted by atomic mass is 16.3. The summed E-state index contributed by atoms with van der Waals surface area (Å²) in [5.41, 5.74) is 2.51. The molecule has 180 valence electrons. The first kappa shape index (κ1) is 22.6. The van der Waals surface area contributed by atoms with E-state index >= 15 is 0 Å². The summed E-state index contributed by atoms with van der Waals surface area (Å²) in [4.78, 5) is 14.4. The SMILES string of the molecule is [C-]#[N+]c1c(C)nn(-c2nc(O)nc(O)n2)c1/N=N/c1c(C(C)(C)C)nn2c(-c3ccccc3)n[nH]c12. The van der Waals surface area contributed by atoms with Crippen molar-refractivity contribution in [1.82, 2.24) is 44.5 Å². The van der Waals surface area contributed by atoms with Gasteiger partial charge in [-0.3, -0.25) is 5.10 Å². The molecule has 1 aromatic carbocycles. The van der Waals surface area contributed by atoms with Gasteiger partial charge >= 0.3 is 12.0 Å². The molecular formula is C22H20N12O2. The lowest BCUT2D eigenvalue weighted by atomic mass is 9.91. The highest BCUT2D eigenvalue weighted by Crippen LogP contribution is 2.39. The second kappa shape index (κ2) is 8.24. The average Bonchev–Trinajstić information content (AvgIpc) is 3.49. The third-order valence-electron chi connectivity index (χ3n) is 5.22. The van der Waals surface area contributed by atoms with E-state index in [-0.39, 0.29) is 17.5 Å². The summed E-state index contributed by atoms with van der Waals surface area (Å²) in [5, 5.41) is 44.6. The number of nitrogens with zero attached hydrogens (tertiary/aromatic N) is 11. The predicted molar refractivity (Wildman–Crippen MR) is 127 cm³/mol. The maximum atomic E-state index is 9.70. The number of aryl methyl sites for hydroxylation is 1. The van der Waals surface area contributed by atoms with Gasteiger partial charge < -0.3 is 10.2 Å². The Labute approximate surface area is 203 Å². The minimum atomic E-state index is -0.711. The molecule has 0 unspecified atom stereocenters. The standard InChI is InChI=1S/C22H20N12O2/c1-11-13(23-5)17(34(31-11)19-24-20(35)26-21(36)25-19)29-27-14-15(22(2,3)4)32-33-16(28-30-18(14)33)12-9-7-6-8-10-12/h6-10,30H,1-4H3,(H2,24,25,26,35,36)/b29-27+. The minimum Gasteiger partial charge on any atom is -0.479 e. The molecule has 14 nitrogen and oxygen atoms in total. The fourth-order valence-corrected chi connectivity index (χ4v) is 3.59. The van der Waals surface area contributed by atoms with Crippen molar-refractivity contribution in [3.63, 3.8) is 0 Å². The van der Waals surface area contributed by atoms with Gasteiger partial charge in [-0.2, -0.15) is 34.5 Å². The van der Waals surface area contributed by atoms with Crippen molar-refractivity contribution in [2.45, 2.75) is 33.1 Å². The van der Waals surface area contributed by atoms with Crippen LogP contribution in [0.1, 0.15) is 32.2 Å². The molecule has 14 heteroatoms. The molecule has 36 heavy (non-hydrogen) atoms. The first-order valence-corrected chi connectivity index (χ1v) is 10.7. The highest BCUT2D eigenvalue weighted by molar-refractivity contribution is 5.72. The molecule has 0 fully saturated rings. The van der Waals surface area contributed by atoms with Crippen molar-refractivity contribution >= 4 is 22.8 Å². The van der Waals surface area contributed by atoms with Gasteiger partial charge in [-0.05, 0) is 6.92 Å². The number of benzene rings is 1. The normalized spacial score (nSPS) is 12.0. The van der Waals surface area contributed by atoms with Crippen LogP contribution in [0.3, 0.4) is 0 Å². The molecule has 0 saturated carbocycles. The summed E-state index contributed by atoms with van der Waals surface area (Å²) in [6, 6.07) is 8.18. The first-order valence-electron chi connectivity index (χ1n) is 10.7. The van der Waals surface area contributed by atoms with Crippen molar-refractivity contribution in [2.24, 2.45) is 10.2 Å². The Balaban J connectivity index is 1.70. The van der Waals surface area contributed by atoms with Crippen molar-refractivity contribution in [2.75, 3.05) is 0 Å². The Morgan fingerprint density at radius 1 is 1.00 bits per heavy atom. The number of aromatic amines is 1. The van der Waals surface area contributed by atoms with Gasteiger partial charge in [-0.25, -0.2) is 4.85 Å². The zero-order chi connectivity index (χ0) is 25.6. The lowest BCUT2D eigenvalue weighted by molar-refractivity contribution is 0.379. The summed E-state index contributed by atoms with van der Waals surface area (Å²) in [6.07, 6.45) is 0. The summed E-state index contributed by atoms with van der Waals surface area (Å²) in [5.74, 6) is 0.391. The van der Waals surface area contributed by atoms with E-state index in [1.165, 1.54) is 0 Å². The number of aromatic nitrogens is 9. The quantitative estimate of drug-likeness (QED) is 0.253. The summed E-state index contributed by atoms with van der Waals surface area (Å²) in [7, 11) is 0. The van der Waals surface area contributed by atoms with E-state index < -0.39 is 17.4 Å². The van der Waals surface area contributed by atoms with Gasteiger partial charge in [0.1, 0.15) is 0 Å². The number of aromatic hydroxyl groups is 2. The molecular weight excluding hydrogens is 464 g/mol. The minimum absolute atomic E-state index is 0.00880. The third kappa shape index (κ3) is 3.78. The van der Waals surface area contributed by atoms with Gasteiger partial charge in [-0.1, -0.05) is 51.1 Å². The Hall–Kier alpha value is -5.19. The zero-order valence-corrected chi connectivity index (χ0v) is 19.7. The Kier molecular flexibility index (Phi) is 5.17. The lowest BCUT2D eigenvalue weighted by Gasteiger charge is -2.15. The Morgan fingerprint density at radius 3 is 2.33 bits per heavy atom. The molecule has 0 aliphatic carbocycles. The van der Waals surface area contributed by atoms with Crippen molar-refractivity contribution in [1.29, 1.82) is 0 Å². The molecule has 0 radical (unpaired) electrons. The predicted octanol–water partition coefficient (Wildman–Crippen LogP) is 4.08. The molecule has 0 spiro atoms. The van der Waals surface area contributed by atoms with Crippen LogP contribution in [0.4, 0.5) is 17.2 Å². The molecule has 4 heterocycles. The van der Waals surface area contributed by atoms with Gasteiger partial charge in [0.2, 0.25) is 0 Å². The van der Waals surface area contributed by atoms with E-state index in [0.29, 0.717) is 28.5 Å². The van der Waals surface area contributed by atoms with Crippen LogP contribution in [-0.2, 0) is 5.41 Å². The molecule has 0 amide bonds. The molecule has 5 rings (SSSR count). The van der Waals surface area contributed by atoms with Crippen LogP contribution in [0.2, 0.25) is 0 Å². The van der Waals surface area contributed by atoms with Gasteiger partial charge in [0.25, 0.3) is 11.6 Å². The van der Waals surface area contributed by atoms with Crippen LogP contribution >= 0.6 is 0 Å². The van der Waals surface area contributed by atoms with Crippen molar-refractivity contribution < 1.29 is 10.2 Å². The fraction of sp³-hybridized carbons (Fsp3) is 0.227. The number of hydrogen-bond donors (Lipinski definition) is 3. The molecule has 0 bridgehead atoms. The van der Waals surface area contributed by atoms with Crippen LogP contribution in [0.5, 0.6) is 12.0 Å². The third-order valence-corrected chi connectivity index (χ3v) is 5.22. The molecule has 5 aromatic rings. The number of H-pyrrole nitrogens is 1. The average molecular weight is 484 g/mol. The van der Waals surface area contributed by atoms with Crippen LogP contribution in [-0.4, -0.2) is 54.8 Å². The molecule has 0 atom stereocenters. The Bertz CT molecular complexity index is 1650. The maximum Gasteiger partial charge on any atom is 0.321 e. The monoisotopic (exact) mass is 484 g/mol. The van der Waals surface area contributed by atoms with Crippen LogP contribution in [0.25, 0.3) is 27.8 Å². The van der Waals surface area contributed by atoms with E-state index in [2.05, 4.69) is 45.3 Å². The van der Waals surface area contributed by atoms with E-state index in [4.69, 9.17) is 11.7 Å². The number of rotatable bonds is 4. The van der Waals surface area contributed by atoms with Crippen LogP contribution < -0.4 is 0 Å². The van der Waals surface area contributed by atoms with E-state index in [0.717, 1.165) is 10.2 Å². The summed E-state index contributed by atoms with van der Waals surface area (Å²) in [6.45, 7) is 15.2. The van der Waals surface area contributed by atoms with Gasteiger partial charge in [0.15, 0.2) is 23.0 Å². The highest BCUT2D eigenvalue weighted by Gasteiger charge is 2.28. The fourth-order valence-electron chi connectivity index (χ4n) is 3.59. The van der Waals surface area contributed by atoms with E-state index in [1.807, 2.05) is 51.1 Å². The second-order valence-electron chi connectivity index (χ2n) is 8.84. The maximum absolute atomic E-state index is 9.70. The van der Waals surface area contributed by atoms with E-state index in [1.54, 1.807) is 11.4 Å². The van der Waals surface area contributed by atoms with Gasteiger partial charge in [-0.15, -0.1) is 15.2 Å². The smallest absolute Gasteiger partial charge is 0.321 e. The molecule has 0 saturated heterocycles. The summed E-state index contributed by atoms with van der Waals surface area (Å²) < 4.78 is 2.78. The van der Waals surface area contributed by atoms with Crippen molar-refractivity contribution in [3.05, 3.63) is 53.1 Å². The topological polar surface area (TPSA) is 172 Å². The van der Waals surface area contributed by atoms with Crippen LogP contribution in [0.15, 0.2) is 40.6 Å². The number of azo groups is 1. The molecule has 3 N–H and O–H groups in total. The largest absolute Gasteiger partial charge is 0.479 e. The number of fused-ring (bicyclic) bond motifs is 1.